The number of carboxylic acid groups (broad SMARTS) is 1. The first kappa shape index (κ1) is 14.6. The summed E-state index contributed by atoms with van der Waals surface area (Å²) in [7, 11) is 0. The minimum Gasteiger partial charge on any atom is -0.478 e. The molecule has 18 heavy (non-hydrogen) atoms. The molecule has 0 fully saturated rings. The molecule has 4 heteroatoms. The van der Waals surface area contributed by atoms with Gasteiger partial charge in [-0.1, -0.05) is 20.8 Å². The van der Waals surface area contributed by atoms with Crippen molar-refractivity contribution in [2.75, 3.05) is 6.61 Å². The maximum absolute atomic E-state index is 13.2. The van der Waals surface area contributed by atoms with E-state index in [4.69, 9.17) is 9.84 Å². The van der Waals surface area contributed by atoms with Crippen molar-refractivity contribution in [3.8, 4) is 0 Å². The monoisotopic (exact) mass is 254 g/mol. The van der Waals surface area contributed by atoms with Crippen molar-refractivity contribution in [3.63, 3.8) is 0 Å². The average Bonchev–Trinajstić information content (AvgIpc) is 2.22. The zero-order chi connectivity index (χ0) is 13.8. The van der Waals surface area contributed by atoms with Gasteiger partial charge in [-0.25, -0.2) is 9.18 Å². The molecule has 1 N–H and O–H groups in total. The minimum atomic E-state index is -1.13. The van der Waals surface area contributed by atoms with E-state index in [1.165, 1.54) is 12.1 Å². The van der Waals surface area contributed by atoms with Gasteiger partial charge >= 0.3 is 5.97 Å². The molecule has 1 rings (SSSR count). The molecule has 0 unspecified atom stereocenters. The van der Waals surface area contributed by atoms with E-state index in [1.54, 1.807) is 0 Å². The van der Waals surface area contributed by atoms with Gasteiger partial charge in [0.25, 0.3) is 0 Å². The summed E-state index contributed by atoms with van der Waals surface area (Å²) in [6, 6.07) is 3.73. The second-order valence-corrected chi connectivity index (χ2v) is 5.52. The lowest BCUT2D eigenvalue weighted by atomic mass is 9.93. The molecule has 0 aliphatic heterocycles. The van der Waals surface area contributed by atoms with Crippen molar-refractivity contribution in [1.82, 2.24) is 0 Å². The van der Waals surface area contributed by atoms with Crippen LogP contribution in [0.25, 0.3) is 0 Å². The van der Waals surface area contributed by atoms with Crippen LogP contribution in [0.15, 0.2) is 18.2 Å². The standard InChI is InChI=1S/C14H19FO3/c1-14(2,3)4-5-18-9-10-6-11(13(16)17)8-12(15)7-10/h6-8H,4-5,9H2,1-3H3,(H,16,17). The molecule has 0 saturated heterocycles. The number of hydrogen-bond donors (Lipinski definition) is 1. The highest BCUT2D eigenvalue weighted by molar-refractivity contribution is 5.87. The Hall–Kier alpha value is -1.42. The van der Waals surface area contributed by atoms with Crippen molar-refractivity contribution < 1.29 is 19.0 Å². The third-order valence-electron chi connectivity index (χ3n) is 2.47. The van der Waals surface area contributed by atoms with Crippen LogP contribution in [0.1, 0.15) is 43.1 Å². The smallest absolute Gasteiger partial charge is 0.335 e. The Labute approximate surface area is 107 Å². The van der Waals surface area contributed by atoms with Crippen LogP contribution in [0.3, 0.4) is 0 Å². The summed E-state index contributed by atoms with van der Waals surface area (Å²) < 4.78 is 18.6. The molecule has 0 saturated carbocycles. The normalized spacial score (nSPS) is 11.6. The topological polar surface area (TPSA) is 46.5 Å². The summed E-state index contributed by atoms with van der Waals surface area (Å²) in [6.45, 7) is 7.14. The molecule has 0 spiro atoms. The zero-order valence-electron chi connectivity index (χ0n) is 11.0. The van der Waals surface area contributed by atoms with Gasteiger partial charge in [0.05, 0.1) is 12.2 Å². The third kappa shape index (κ3) is 5.27. The maximum Gasteiger partial charge on any atom is 0.335 e. The molecule has 0 bridgehead atoms. The summed E-state index contributed by atoms with van der Waals surface area (Å²) in [5, 5.41) is 8.80. The highest BCUT2D eigenvalue weighted by Gasteiger charge is 2.10. The molecule has 0 aliphatic carbocycles. The lowest BCUT2D eigenvalue weighted by molar-refractivity contribution is 0.0695. The van der Waals surface area contributed by atoms with Gasteiger partial charge in [-0.15, -0.1) is 0 Å². The molecule has 100 valence electrons. The van der Waals surface area contributed by atoms with Crippen LogP contribution in [0.2, 0.25) is 0 Å². The second-order valence-electron chi connectivity index (χ2n) is 5.52. The Balaban J connectivity index is 2.55. The molecular formula is C14H19FO3. The van der Waals surface area contributed by atoms with E-state index in [0.29, 0.717) is 12.2 Å². The van der Waals surface area contributed by atoms with Crippen LogP contribution in [-0.2, 0) is 11.3 Å². The highest BCUT2D eigenvalue weighted by atomic mass is 19.1. The Morgan fingerprint density at radius 1 is 1.33 bits per heavy atom. The molecule has 1 aromatic carbocycles. The molecule has 0 radical (unpaired) electrons. The molecule has 0 atom stereocenters. The predicted octanol–water partition coefficient (Wildman–Crippen LogP) is 3.48. The molecule has 1 aromatic rings. The van der Waals surface area contributed by atoms with Crippen molar-refractivity contribution in [1.29, 1.82) is 0 Å². The van der Waals surface area contributed by atoms with Crippen molar-refractivity contribution in [2.24, 2.45) is 5.41 Å². The molecule has 0 amide bonds. The summed E-state index contributed by atoms with van der Waals surface area (Å²) in [5.74, 6) is -1.69. The number of halogens is 1. The number of carboxylic acids is 1. The Kier molecular flexibility index (Phi) is 4.84. The number of ether oxygens (including phenoxy) is 1. The second kappa shape index (κ2) is 5.96. The number of rotatable bonds is 5. The molecule has 0 aliphatic rings. The molecular weight excluding hydrogens is 235 g/mol. The predicted molar refractivity (Wildman–Crippen MR) is 67.1 cm³/mol. The van der Waals surface area contributed by atoms with Gasteiger partial charge in [-0.2, -0.15) is 0 Å². The lowest BCUT2D eigenvalue weighted by Gasteiger charge is -2.17. The number of carbonyl (C=O) groups is 1. The van der Waals surface area contributed by atoms with Gasteiger partial charge in [-0.3, -0.25) is 0 Å². The van der Waals surface area contributed by atoms with E-state index >= 15 is 0 Å². The summed E-state index contributed by atoms with van der Waals surface area (Å²) in [6.07, 6.45) is 0.897. The third-order valence-corrected chi connectivity index (χ3v) is 2.47. The molecule has 0 heterocycles. The van der Waals surface area contributed by atoms with Gasteiger partial charge in [0.1, 0.15) is 5.82 Å². The van der Waals surface area contributed by atoms with Gasteiger partial charge in [0, 0.05) is 6.61 Å². The maximum atomic E-state index is 13.2. The Morgan fingerprint density at radius 2 is 2.00 bits per heavy atom. The van der Waals surface area contributed by atoms with Crippen LogP contribution < -0.4 is 0 Å². The largest absolute Gasteiger partial charge is 0.478 e. The van der Waals surface area contributed by atoms with Crippen LogP contribution >= 0.6 is 0 Å². The fourth-order valence-electron chi connectivity index (χ4n) is 1.43. The van der Waals surface area contributed by atoms with E-state index in [1.807, 2.05) is 0 Å². The Bertz CT molecular complexity index is 422. The van der Waals surface area contributed by atoms with E-state index < -0.39 is 11.8 Å². The van der Waals surface area contributed by atoms with E-state index in [-0.39, 0.29) is 17.6 Å². The Morgan fingerprint density at radius 3 is 2.56 bits per heavy atom. The number of aromatic carboxylic acids is 1. The molecule has 3 nitrogen and oxygen atoms in total. The van der Waals surface area contributed by atoms with Gasteiger partial charge in [0.15, 0.2) is 0 Å². The van der Waals surface area contributed by atoms with E-state index in [2.05, 4.69) is 20.8 Å². The fourth-order valence-corrected chi connectivity index (χ4v) is 1.43. The van der Waals surface area contributed by atoms with E-state index in [0.717, 1.165) is 12.5 Å². The quantitative estimate of drug-likeness (QED) is 0.818. The van der Waals surface area contributed by atoms with Crippen LogP contribution in [-0.4, -0.2) is 17.7 Å². The number of benzene rings is 1. The molecule has 0 aromatic heterocycles. The first-order valence-corrected chi connectivity index (χ1v) is 5.88. The number of hydrogen-bond acceptors (Lipinski definition) is 2. The lowest BCUT2D eigenvalue weighted by Crippen LogP contribution is -2.09. The van der Waals surface area contributed by atoms with Crippen molar-refractivity contribution in [3.05, 3.63) is 35.1 Å². The van der Waals surface area contributed by atoms with Gasteiger partial charge in [-0.05, 0) is 35.6 Å². The van der Waals surface area contributed by atoms with Crippen LogP contribution in [0, 0.1) is 11.2 Å². The summed E-state index contributed by atoms with van der Waals surface area (Å²) in [4.78, 5) is 10.8. The first-order chi connectivity index (χ1) is 8.28. The average molecular weight is 254 g/mol. The fraction of sp³-hybridized carbons (Fsp3) is 0.500. The van der Waals surface area contributed by atoms with Crippen molar-refractivity contribution in [2.45, 2.75) is 33.8 Å². The van der Waals surface area contributed by atoms with Crippen LogP contribution in [0.4, 0.5) is 4.39 Å². The van der Waals surface area contributed by atoms with E-state index in [9.17, 15) is 9.18 Å². The minimum absolute atomic E-state index is 0.0515. The van der Waals surface area contributed by atoms with Gasteiger partial charge < -0.3 is 9.84 Å². The SMILES string of the molecule is CC(C)(C)CCOCc1cc(F)cc(C(=O)O)c1. The summed E-state index contributed by atoms with van der Waals surface area (Å²) >= 11 is 0. The van der Waals surface area contributed by atoms with Crippen molar-refractivity contribution >= 4 is 5.97 Å². The summed E-state index contributed by atoms with van der Waals surface area (Å²) in [5.41, 5.74) is 0.680. The first-order valence-electron chi connectivity index (χ1n) is 5.88. The van der Waals surface area contributed by atoms with Crippen LogP contribution in [0.5, 0.6) is 0 Å². The zero-order valence-corrected chi connectivity index (χ0v) is 11.0. The highest BCUT2D eigenvalue weighted by Crippen LogP contribution is 2.18. The van der Waals surface area contributed by atoms with Gasteiger partial charge in [0.2, 0.25) is 0 Å².